The van der Waals surface area contributed by atoms with Crippen molar-refractivity contribution in [3.8, 4) is 6.07 Å². The van der Waals surface area contributed by atoms with Gasteiger partial charge >= 0.3 is 5.97 Å². The lowest BCUT2D eigenvalue weighted by Gasteiger charge is -2.13. The van der Waals surface area contributed by atoms with E-state index in [2.05, 4.69) is 5.32 Å². The predicted octanol–water partition coefficient (Wildman–Crippen LogP) is 3.37. The van der Waals surface area contributed by atoms with Crippen molar-refractivity contribution in [3.05, 3.63) is 76.9 Å². The maximum Gasteiger partial charge on any atom is 0.349 e. The summed E-state index contributed by atoms with van der Waals surface area (Å²) in [6.45, 7) is 3.96. The number of aryl methyl sites for hydroxylation is 1. The van der Waals surface area contributed by atoms with Crippen LogP contribution >= 0.6 is 0 Å². The maximum atomic E-state index is 12.0. The predicted molar refractivity (Wildman–Crippen MR) is 104 cm³/mol. The molecule has 0 fully saturated rings. The van der Waals surface area contributed by atoms with Gasteiger partial charge < -0.3 is 10.1 Å². The number of nitrogens with zero attached hydrogens (tertiary/aromatic N) is 1. The number of ether oxygens (including phenoxy) is 1. The van der Waals surface area contributed by atoms with Gasteiger partial charge in [0.15, 0.2) is 6.61 Å². The number of carbonyl (C=O) groups is 2. The Morgan fingerprint density at radius 1 is 1.15 bits per heavy atom. The molecule has 0 aliphatic carbocycles. The van der Waals surface area contributed by atoms with E-state index >= 15 is 0 Å². The van der Waals surface area contributed by atoms with Gasteiger partial charge in [0.05, 0.1) is 0 Å². The molecular weight excluding hydrogens is 340 g/mol. The first-order valence-electron chi connectivity index (χ1n) is 8.67. The summed E-state index contributed by atoms with van der Waals surface area (Å²) in [5.74, 6) is -1.08. The molecule has 138 valence electrons. The third kappa shape index (κ3) is 6.44. The van der Waals surface area contributed by atoms with E-state index in [0.29, 0.717) is 6.54 Å². The molecule has 0 aromatic heterocycles. The summed E-state index contributed by atoms with van der Waals surface area (Å²) in [6, 6.07) is 19.0. The van der Waals surface area contributed by atoms with Crippen LogP contribution in [0.4, 0.5) is 0 Å². The van der Waals surface area contributed by atoms with Crippen molar-refractivity contribution in [2.45, 2.75) is 19.8 Å². The van der Waals surface area contributed by atoms with Crippen molar-refractivity contribution in [1.82, 2.24) is 5.32 Å². The Bertz CT molecular complexity index is 849. The lowest BCUT2D eigenvalue weighted by molar-refractivity contribution is -0.144. The van der Waals surface area contributed by atoms with E-state index in [1.54, 1.807) is 12.1 Å². The molecule has 5 nitrogen and oxygen atoms in total. The molecule has 0 bridgehead atoms. The average molecular weight is 362 g/mol. The fraction of sp³-hybridized carbons (Fsp3) is 0.227. The molecule has 1 N–H and O–H groups in total. The van der Waals surface area contributed by atoms with Gasteiger partial charge in [-0.05, 0) is 30.0 Å². The quantitative estimate of drug-likeness (QED) is 0.465. The smallest absolute Gasteiger partial charge is 0.349 e. The summed E-state index contributed by atoms with van der Waals surface area (Å²) in [5.41, 5.74) is 2.76. The third-order valence-electron chi connectivity index (χ3n) is 4.04. The standard InChI is InChI=1S/C22H22N2O3/c1-16-8-10-18(11-9-16)12-20(13-23)22(26)27-15-21(25)24-14-17(2)19-6-4-3-5-7-19/h3-12,17H,14-15H2,1-2H3,(H,24,25)/b20-12+/t17-/m1/s1. The molecule has 2 rings (SSSR count). The van der Waals surface area contributed by atoms with Crippen LogP contribution in [-0.2, 0) is 14.3 Å². The summed E-state index contributed by atoms with van der Waals surface area (Å²) in [6.07, 6.45) is 1.44. The van der Waals surface area contributed by atoms with Crippen LogP contribution in [0, 0.1) is 18.3 Å². The number of esters is 1. The fourth-order valence-electron chi connectivity index (χ4n) is 2.39. The van der Waals surface area contributed by atoms with Gasteiger partial charge in [-0.15, -0.1) is 0 Å². The first-order valence-corrected chi connectivity index (χ1v) is 8.67. The lowest BCUT2D eigenvalue weighted by Crippen LogP contribution is -2.31. The molecule has 27 heavy (non-hydrogen) atoms. The van der Waals surface area contributed by atoms with Gasteiger partial charge in [-0.1, -0.05) is 67.1 Å². The molecule has 0 spiro atoms. The van der Waals surface area contributed by atoms with E-state index in [1.165, 1.54) is 6.08 Å². The number of amides is 1. The van der Waals surface area contributed by atoms with Crippen LogP contribution in [0.3, 0.4) is 0 Å². The molecule has 0 radical (unpaired) electrons. The third-order valence-corrected chi connectivity index (χ3v) is 4.04. The molecule has 1 atom stereocenters. The Morgan fingerprint density at radius 2 is 1.81 bits per heavy atom. The highest BCUT2D eigenvalue weighted by molar-refractivity contribution is 5.98. The number of nitriles is 1. The second-order valence-corrected chi connectivity index (χ2v) is 6.27. The molecule has 0 aliphatic heterocycles. The summed E-state index contributed by atoms with van der Waals surface area (Å²) in [7, 11) is 0. The normalized spacial score (nSPS) is 12.0. The minimum atomic E-state index is -0.815. The minimum absolute atomic E-state index is 0.141. The number of carbonyl (C=O) groups excluding carboxylic acids is 2. The van der Waals surface area contributed by atoms with Crippen molar-refractivity contribution >= 4 is 18.0 Å². The fourth-order valence-corrected chi connectivity index (χ4v) is 2.39. The molecule has 5 heteroatoms. The van der Waals surface area contributed by atoms with E-state index in [4.69, 9.17) is 10.00 Å². The molecular formula is C22H22N2O3. The Morgan fingerprint density at radius 3 is 2.44 bits per heavy atom. The molecule has 0 saturated heterocycles. The number of nitrogens with one attached hydrogen (secondary N) is 1. The van der Waals surface area contributed by atoms with E-state index < -0.39 is 18.5 Å². The van der Waals surface area contributed by atoms with E-state index in [1.807, 2.05) is 62.4 Å². The van der Waals surface area contributed by atoms with Crippen molar-refractivity contribution < 1.29 is 14.3 Å². The zero-order chi connectivity index (χ0) is 19.6. The molecule has 2 aromatic carbocycles. The zero-order valence-electron chi connectivity index (χ0n) is 15.4. The summed E-state index contributed by atoms with van der Waals surface area (Å²) in [4.78, 5) is 23.9. The first kappa shape index (κ1) is 19.9. The second kappa shape index (κ2) is 9.93. The van der Waals surface area contributed by atoms with Crippen molar-refractivity contribution in [2.24, 2.45) is 0 Å². The van der Waals surface area contributed by atoms with Gasteiger partial charge in [-0.25, -0.2) is 4.79 Å². The monoisotopic (exact) mass is 362 g/mol. The highest BCUT2D eigenvalue weighted by Gasteiger charge is 2.14. The minimum Gasteiger partial charge on any atom is -0.451 e. The van der Waals surface area contributed by atoms with E-state index in [9.17, 15) is 9.59 Å². The second-order valence-electron chi connectivity index (χ2n) is 6.27. The van der Waals surface area contributed by atoms with Gasteiger partial charge in [-0.3, -0.25) is 4.79 Å². The van der Waals surface area contributed by atoms with Crippen LogP contribution in [0.15, 0.2) is 60.2 Å². The lowest BCUT2D eigenvalue weighted by atomic mass is 10.0. The highest BCUT2D eigenvalue weighted by Crippen LogP contribution is 2.13. The van der Waals surface area contributed by atoms with Crippen LogP contribution in [0.2, 0.25) is 0 Å². The van der Waals surface area contributed by atoms with Crippen LogP contribution in [0.5, 0.6) is 0 Å². The summed E-state index contributed by atoms with van der Waals surface area (Å²) < 4.78 is 4.95. The Labute approximate surface area is 159 Å². The van der Waals surface area contributed by atoms with Crippen LogP contribution in [0.1, 0.15) is 29.5 Å². The van der Waals surface area contributed by atoms with E-state index in [-0.39, 0.29) is 11.5 Å². The number of hydrogen-bond donors (Lipinski definition) is 1. The van der Waals surface area contributed by atoms with Gasteiger partial charge in [0.25, 0.3) is 5.91 Å². The van der Waals surface area contributed by atoms with Crippen molar-refractivity contribution in [1.29, 1.82) is 5.26 Å². The molecule has 0 unspecified atom stereocenters. The van der Waals surface area contributed by atoms with Gasteiger partial charge in [0.1, 0.15) is 11.6 Å². The zero-order valence-corrected chi connectivity index (χ0v) is 15.4. The SMILES string of the molecule is Cc1ccc(/C=C(\C#N)C(=O)OCC(=O)NC[C@@H](C)c2ccccc2)cc1. The average Bonchev–Trinajstić information content (AvgIpc) is 2.70. The first-order chi connectivity index (χ1) is 13.0. The largest absolute Gasteiger partial charge is 0.451 e. The number of hydrogen-bond acceptors (Lipinski definition) is 4. The van der Waals surface area contributed by atoms with Crippen molar-refractivity contribution in [3.63, 3.8) is 0 Å². The topological polar surface area (TPSA) is 79.2 Å². The van der Waals surface area contributed by atoms with Crippen LogP contribution in [0.25, 0.3) is 6.08 Å². The van der Waals surface area contributed by atoms with Gasteiger partial charge in [0, 0.05) is 6.54 Å². The summed E-state index contributed by atoms with van der Waals surface area (Å²) in [5, 5.41) is 11.9. The summed E-state index contributed by atoms with van der Waals surface area (Å²) >= 11 is 0. The highest BCUT2D eigenvalue weighted by atomic mass is 16.5. The van der Waals surface area contributed by atoms with Gasteiger partial charge in [-0.2, -0.15) is 5.26 Å². The molecule has 0 aliphatic rings. The number of rotatable bonds is 7. The molecule has 0 heterocycles. The number of benzene rings is 2. The van der Waals surface area contributed by atoms with E-state index in [0.717, 1.165) is 16.7 Å². The maximum absolute atomic E-state index is 12.0. The Balaban J connectivity index is 1.83. The molecule has 2 aromatic rings. The Hall–Kier alpha value is -3.39. The van der Waals surface area contributed by atoms with Crippen LogP contribution in [-0.4, -0.2) is 25.0 Å². The molecule has 1 amide bonds. The van der Waals surface area contributed by atoms with Crippen LogP contribution < -0.4 is 5.32 Å². The van der Waals surface area contributed by atoms with Gasteiger partial charge in [0.2, 0.25) is 0 Å². The Kier molecular flexibility index (Phi) is 7.33. The molecule has 0 saturated carbocycles. The van der Waals surface area contributed by atoms with Crippen molar-refractivity contribution in [2.75, 3.05) is 13.2 Å².